The number of benzene rings is 1. The number of hydrogen-bond donors (Lipinski definition) is 2. The lowest BCUT2D eigenvalue weighted by molar-refractivity contribution is -0.0973. The van der Waals surface area contributed by atoms with Gasteiger partial charge in [-0.25, -0.2) is 0 Å². The van der Waals surface area contributed by atoms with Gasteiger partial charge in [-0.3, -0.25) is 0 Å². The zero-order valence-electron chi connectivity index (χ0n) is 6.14. The second kappa shape index (κ2) is 3.06. The highest BCUT2D eigenvalue weighted by molar-refractivity contribution is 7.97. The van der Waals surface area contributed by atoms with Crippen molar-refractivity contribution < 1.29 is 10.3 Å². The van der Waals surface area contributed by atoms with Gasteiger partial charge in [0.15, 0.2) is 6.23 Å². The fourth-order valence-corrected chi connectivity index (χ4v) is 1.73. The van der Waals surface area contributed by atoms with E-state index in [9.17, 15) is 0 Å². The van der Waals surface area contributed by atoms with Crippen molar-refractivity contribution >= 4 is 11.9 Å². The summed E-state index contributed by atoms with van der Waals surface area (Å²) in [5.74, 6) is 0. The third-order valence-corrected chi connectivity index (χ3v) is 2.51. The molecule has 2 N–H and O–H groups in total. The van der Waals surface area contributed by atoms with Gasteiger partial charge >= 0.3 is 0 Å². The summed E-state index contributed by atoms with van der Waals surface area (Å²) in [4.78, 5) is 0.894. The quantitative estimate of drug-likeness (QED) is 0.589. The van der Waals surface area contributed by atoms with Crippen molar-refractivity contribution in [2.75, 3.05) is 0 Å². The second-order valence-corrected chi connectivity index (χ2v) is 3.40. The largest absolute Gasteiger partial charge is 0.374 e. The molecule has 1 aliphatic heterocycles. The van der Waals surface area contributed by atoms with E-state index in [4.69, 9.17) is 10.3 Å². The molecule has 0 aromatic heterocycles. The number of aliphatic hydroxyl groups excluding tert-OH is 1. The van der Waals surface area contributed by atoms with Crippen LogP contribution in [0.2, 0.25) is 0 Å². The van der Waals surface area contributed by atoms with Crippen molar-refractivity contribution in [2.45, 2.75) is 11.1 Å². The lowest BCUT2D eigenvalue weighted by atomic mass is 10.1. The molecular weight excluding hydrogens is 174 g/mol. The summed E-state index contributed by atoms with van der Waals surface area (Å²) in [6, 6.07) is 7.45. The van der Waals surface area contributed by atoms with Crippen LogP contribution in [0.3, 0.4) is 0 Å². The summed E-state index contributed by atoms with van der Waals surface area (Å²) in [5, 5.41) is 18.3. The molecule has 0 bridgehead atoms. The fraction of sp³-hybridized carbons (Fsp3) is 0.125. The van der Waals surface area contributed by atoms with Crippen molar-refractivity contribution in [1.29, 1.82) is 0 Å². The molecule has 4 heteroatoms. The number of rotatable bonds is 0. The van der Waals surface area contributed by atoms with E-state index in [0.717, 1.165) is 26.9 Å². The highest BCUT2D eigenvalue weighted by Crippen LogP contribution is 2.33. The van der Waals surface area contributed by atoms with Crippen LogP contribution >= 0.6 is 11.9 Å². The molecule has 0 spiro atoms. The minimum absolute atomic E-state index is 0.766. The highest BCUT2D eigenvalue weighted by Gasteiger charge is 2.24. The van der Waals surface area contributed by atoms with Crippen molar-refractivity contribution in [2.24, 2.45) is 0 Å². The minimum Gasteiger partial charge on any atom is -0.374 e. The van der Waals surface area contributed by atoms with Gasteiger partial charge < -0.3 is 10.3 Å². The predicted octanol–water partition coefficient (Wildman–Crippen LogP) is 1.15. The van der Waals surface area contributed by atoms with E-state index in [1.165, 1.54) is 0 Å². The first kappa shape index (κ1) is 8.07. The molecule has 62 valence electrons. The van der Waals surface area contributed by atoms with E-state index >= 15 is 0 Å². The van der Waals surface area contributed by atoms with Crippen molar-refractivity contribution in [3.05, 3.63) is 36.2 Å². The van der Waals surface area contributed by atoms with E-state index in [1.807, 2.05) is 24.3 Å². The standard InChI is InChI=1S/C8H7NO2S/c10-8-5-6-3-1-2-4-7(6)12-9(8)11/h1-4,8,10-11H. The van der Waals surface area contributed by atoms with Crippen LogP contribution in [0, 0.1) is 6.42 Å². The predicted molar refractivity (Wildman–Crippen MR) is 44.3 cm³/mol. The van der Waals surface area contributed by atoms with Crippen LogP contribution < -0.4 is 0 Å². The van der Waals surface area contributed by atoms with Crippen LogP contribution in [0.15, 0.2) is 29.2 Å². The van der Waals surface area contributed by atoms with Crippen molar-refractivity contribution in [1.82, 2.24) is 4.47 Å². The third kappa shape index (κ3) is 1.34. The van der Waals surface area contributed by atoms with E-state index in [0.29, 0.717) is 0 Å². The molecule has 1 aliphatic rings. The molecule has 0 aliphatic carbocycles. The number of hydrogen-bond acceptors (Lipinski definition) is 4. The molecule has 12 heavy (non-hydrogen) atoms. The average molecular weight is 181 g/mol. The molecule has 0 saturated heterocycles. The fourth-order valence-electron chi connectivity index (χ4n) is 1.01. The SMILES string of the molecule is OC1[C]c2ccccc2SN1O. The van der Waals surface area contributed by atoms with Crippen LogP contribution in [0.5, 0.6) is 0 Å². The summed E-state index contributed by atoms with van der Waals surface area (Å²) in [6.45, 7) is 0. The molecule has 0 amide bonds. The van der Waals surface area contributed by atoms with Crippen molar-refractivity contribution in [3.63, 3.8) is 0 Å². The molecule has 3 nitrogen and oxygen atoms in total. The molecule has 0 fully saturated rings. The Morgan fingerprint density at radius 3 is 3.00 bits per heavy atom. The van der Waals surface area contributed by atoms with Crippen LogP contribution in [0.1, 0.15) is 5.56 Å². The molecule has 0 saturated carbocycles. The van der Waals surface area contributed by atoms with Gasteiger partial charge in [-0.05, 0) is 23.6 Å². The Bertz CT molecular complexity index is 263. The summed E-state index contributed by atoms with van der Waals surface area (Å²) in [7, 11) is 0. The van der Waals surface area contributed by atoms with E-state index in [-0.39, 0.29) is 0 Å². The van der Waals surface area contributed by atoms with Crippen LogP contribution in [0.25, 0.3) is 0 Å². The number of hydroxylamine groups is 1. The monoisotopic (exact) mass is 181 g/mol. The maximum absolute atomic E-state index is 9.17. The van der Waals surface area contributed by atoms with E-state index in [2.05, 4.69) is 6.42 Å². The Hall–Kier alpha value is -0.550. The highest BCUT2D eigenvalue weighted by atomic mass is 32.2. The van der Waals surface area contributed by atoms with Gasteiger partial charge in [-0.2, -0.15) is 0 Å². The minimum atomic E-state index is -1.04. The van der Waals surface area contributed by atoms with Gasteiger partial charge in [0.2, 0.25) is 0 Å². The molecular formula is C8H7NO2S. The number of aliphatic hydroxyl groups is 1. The first-order valence-electron chi connectivity index (χ1n) is 3.47. The van der Waals surface area contributed by atoms with Gasteiger partial charge in [-0.1, -0.05) is 18.2 Å². The van der Waals surface area contributed by atoms with Crippen molar-refractivity contribution in [3.8, 4) is 0 Å². The Morgan fingerprint density at radius 2 is 2.17 bits per heavy atom. The second-order valence-electron chi connectivity index (χ2n) is 2.41. The molecule has 2 rings (SSSR count). The molecule has 2 radical (unpaired) electrons. The molecule has 1 atom stereocenters. The third-order valence-electron chi connectivity index (χ3n) is 1.57. The van der Waals surface area contributed by atoms with Gasteiger partial charge in [-0.15, -0.1) is 4.47 Å². The number of nitrogens with zero attached hydrogens (tertiary/aromatic N) is 1. The summed E-state index contributed by atoms with van der Waals surface area (Å²) in [5.41, 5.74) is 0.834. The van der Waals surface area contributed by atoms with Crippen LogP contribution in [0.4, 0.5) is 0 Å². The zero-order chi connectivity index (χ0) is 8.55. The van der Waals surface area contributed by atoms with Crippen LogP contribution in [-0.4, -0.2) is 21.0 Å². The first-order valence-corrected chi connectivity index (χ1v) is 4.24. The lowest BCUT2D eigenvalue weighted by Gasteiger charge is -2.25. The summed E-state index contributed by atoms with van der Waals surface area (Å²) in [6.07, 6.45) is 1.68. The molecule has 1 heterocycles. The zero-order valence-corrected chi connectivity index (χ0v) is 6.95. The first-order chi connectivity index (χ1) is 5.77. The maximum Gasteiger partial charge on any atom is 0.153 e. The Balaban J connectivity index is 2.34. The smallest absolute Gasteiger partial charge is 0.153 e. The van der Waals surface area contributed by atoms with Gasteiger partial charge in [0, 0.05) is 4.90 Å². The van der Waals surface area contributed by atoms with Gasteiger partial charge in [0.05, 0.1) is 6.42 Å². The molecule has 1 aromatic rings. The Morgan fingerprint density at radius 1 is 1.42 bits per heavy atom. The topological polar surface area (TPSA) is 43.7 Å². The van der Waals surface area contributed by atoms with Crippen LogP contribution in [-0.2, 0) is 0 Å². The van der Waals surface area contributed by atoms with Gasteiger partial charge in [0.1, 0.15) is 0 Å². The normalized spacial score (nSPS) is 23.7. The molecule has 1 aromatic carbocycles. The Kier molecular flexibility index (Phi) is 2.06. The van der Waals surface area contributed by atoms with E-state index < -0.39 is 6.23 Å². The average Bonchev–Trinajstić information content (AvgIpc) is 2.07. The Labute approximate surface area is 74.7 Å². The van der Waals surface area contributed by atoms with Gasteiger partial charge in [0.25, 0.3) is 0 Å². The van der Waals surface area contributed by atoms with E-state index in [1.54, 1.807) is 0 Å². The number of fused-ring (bicyclic) bond motifs is 1. The lowest BCUT2D eigenvalue weighted by Crippen LogP contribution is -2.30. The maximum atomic E-state index is 9.17. The molecule has 1 unspecified atom stereocenters. The summed E-state index contributed by atoms with van der Waals surface area (Å²) >= 11 is 1.10. The summed E-state index contributed by atoms with van der Waals surface area (Å²) < 4.78 is 0.766.